The van der Waals surface area contributed by atoms with E-state index in [-0.39, 0.29) is 7.43 Å². The Morgan fingerprint density at radius 2 is 2.00 bits per heavy atom. The van der Waals surface area contributed by atoms with Crippen molar-refractivity contribution < 1.29 is 0 Å². The van der Waals surface area contributed by atoms with Crippen molar-refractivity contribution in [1.82, 2.24) is 4.90 Å². The second-order valence-corrected chi connectivity index (χ2v) is 2.12. The van der Waals surface area contributed by atoms with Crippen LogP contribution in [0.5, 0.6) is 0 Å². The second-order valence-electron chi connectivity index (χ2n) is 2.12. The van der Waals surface area contributed by atoms with Gasteiger partial charge in [0.05, 0.1) is 0 Å². The standard InChI is InChI=1S/C5H11N.CH4/c1-5-3-4-6(5)2;/h5H,3-4H2,1-2H3;1H4. The van der Waals surface area contributed by atoms with Crippen molar-refractivity contribution in [3.05, 3.63) is 0 Å². The summed E-state index contributed by atoms with van der Waals surface area (Å²) in [4.78, 5) is 2.35. The van der Waals surface area contributed by atoms with E-state index in [9.17, 15) is 0 Å². The Morgan fingerprint density at radius 3 is 2.00 bits per heavy atom. The lowest BCUT2D eigenvalue weighted by atomic mass is 10.1. The second kappa shape index (κ2) is 2.31. The van der Waals surface area contributed by atoms with E-state index in [4.69, 9.17) is 0 Å². The van der Waals surface area contributed by atoms with Crippen LogP contribution in [0.15, 0.2) is 0 Å². The molecule has 1 aliphatic rings. The molecule has 1 saturated heterocycles. The first kappa shape index (κ1) is 6.96. The fraction of sp³-hybridized carbons (Fsp3) is 1.00. The smallest absolute Gasteiger partial charge is 0.00760 e. The molecule has 0 aliphatic carbocycles. The third-order valence-corrected chi connectivity index (χ3v) is 1.65. The normalized spacial score (nSPS) is 30.9. The summed E-state index contributed by atoms with van der Waals surface area (Å²) in [6, 6.07) is 0.866. The summed E-state index contributed by atoms with van der Waals surface area (Å²) in [5.74, 6) is 0. The highest BCUT2D eigenvalue weighted by Gasteiger charge is 2.17. The summed E-state index contributed by atoms with van der Waals surface area (Å²) in [6.45, 7) is 3.56. The van der Waals surface area contributed by atoms with Gasteiger partial charge in [-0.1, -0.05) is 7.43 Å². The van der Waals surface area contributed by atoms with Crippen molar-refractivity contribution in [2.24, 2.45) is 0 Å². The number of nitrogens with zero attached hydrogens (tertiary/aromatic N) is 1. The minimum Gasteiger partial charge on any atom is -0.304 e. The largest absolute Gasteiger partial charge is 0.304 e. The molecule has 0 aromatic heterocycles. The van der Waals surface area contributed by atoms with Crippen LogP contribution in [0.1, 0.15) is 20.8 Å². The van der Waals surface area contributed by atoms with E-state index < -0.39 is 0 Å². The average Bonchev–Trinajstić information content (AvgIpc) is 1.61. The summed E-state index contributed by atoms with van der Waals surface area (Å²) in [6.07, 6.45) is 1.40. The van der Waals surface area contributed by atoms with Gasteiger partial charge in [-0.15, -0.1) is 0 Å². The molecule has 44 valence electrons. The first-order valence-electron chi connectivity index (χ1n) is 2.51. The van der Waals surface area contributed by atoms with Gasteiger partial charge in [-0.2, -0.15) is 0 Å². The van der Waals surface area contributed by atoms with Gasteiger partial charge in [-0.25, -0.2) is 0 Å². The minimum atomic E-state index is 0. The highest BCUT2D eigenvalue weighted by Crippen LogP contribution is 2.11. The summed E-state index contributed by atoms with van der Waals surface area (Å²) < 4.78 is 0. The third kappa shape index (κ3) is 1.16. The molecule has 1 heteroatoms. The zero-order valence-corrected chi connectivity index (χ0v) is 4.44. The van der Waals surface area contributed by atoms with Crippen LogP contribution in [-0.4, -0.2) is 24.5 Å². The first-order valence-corrected chi connectivity index (χ1v) is 2.51. The molecule has 1 heterocycles. The van der Waals surface area contributed by atoms with Crippen LogP contribution >= 0.6 is 0 Å². The van der Waals surface area contributed by atoms with Crippen molar-refractivity contribution >= 4 is 0 Å². The van der Waals surface area contributed by atoms with Gasteiger partial charge in [0, 0.05) is 6.04 Å². The van der Waals surface area contributed by atoms with Gasteiger partial charge in [-0.05, 0) is 26.9 Å². The molecule has 0 radical (unpaired) electrons. The number of hydrogen-bond acceptors (Lipinski definition) is 1. The van der Waals surface area contributed by atoms with Crippen molar-refractivity contribution in [3.63, 3.8) is 0 Å². The van der Waals surface area contributed by atoms with Crippen molar-refractivity contribution in [2.75, 3.05) is 13.6 Å². The van der Waals surface area contributed by atoms with E-state index in [0.29, 0.717) is 0 Å². The third-order valence-electron chi connectivity index (χ3n) is 1.65. The SMILES string of the molecule is C.CC1CCN1C. The predicted molar refractivity (Wildman–Crippen MR) is 33.4 cm³/mol. The number of rotatable bonds is 0. The van der Waals surface area contributed by atoms with Gasteiger partial charge in [0.15, 0.2) is 0 Å². The summed E-state index contributed by atoms with van der Waals surface area (Å²) in [5.41, 5.74) is 0. The Bertz CT molecular complexity index is 44.1. The summed E-state index contributed by atoms with van der Waals surface area (Å²) >= 11 is 0. The zero-order chi connectivity index (χ0) is 4.57. The zero-order valence-electron chi connectivity index (χ0n) is 4.44. The molecule has 1 rings (SSSR count). The number of likely N-dealkylation sites (tertiary alicyclic amines) is 1. The molecule has 0 bridgehead atoms. The Kier molecular flexibility index (Phi) is 2.30. The number of hydrogen-bond donors (Lipinski definition) is 0. The molecule has 7 heavy (non-hydrogen) atoms. The highest BCUT2D eigenvalue weighted by atomic mass is 15.2. The molecule has 0 amide bonds. The van der Waals surface area contributed by atoms with Crippen LogP contribution in [0.2, 0.25) is 0 Å². The van der Waals surface area contributed by atoms with Gasteiger partial charge < -0.3 is 4.90 Å². The lowest BCUT2D eigenvalue weighted by Gasteiger charge is -2.34. The Hall–Kier alpha value is -0.0400. The molecular formula is C6H15N. The Balaban J connectivity index is 0.000000360. The van der Waals surface area contributed by atoms with E-state index in [1.54, 1.807) is 0 Å². The Morgan fingerprint density at radius 1 is 1.57 bits per heavy atom. The van der Waals surface area contributed by atoms with Crippen molar-refractivity contribution in [1.29, 1.82) is 0 Å². The molecular weight excluding hydrogens is 86.1 g/mol. The van der Waals surface area contributed by atoms with Crippen LogP contribution in [0, 0.1) is 0 Å². The van der Waals surface area contributed by atoms with E-state index in [0.717, 1.165) is 6.04 Å². The van der Waals surface area contributed by atoms with Crippen LogP contribution in [0.3, 0.4) is 0 Å². The average molecular weight is 101 g/mol. The van der Waals surface area contributed by atoms with Crippen molar-refractivity contribution in [2.45, 2.75) is 26.8 Å². The topological polar surface area (TPSA) is 3.24 Å². The van der Waals surface area contributed by atoms with Gasteiger partial charge in [0.25, 0.3) is 0 Å². The molecule has 0 aromatic carbocycles. The van der Waals surface area contributed by atoms with E-state index >= 15 is 0 Å². The maximum Gasteiger partial charge on any atom is 0.00760 e. The van der Waals surface area contributed by atoms with Gasteiger partial charge in [0.2, 0.25) is 0 Å². The Labute approximate surface area is 46.3 Å². The van der Waals surface area contributed by atoms with E-state index in [2.05, 4.69) is 18.9 Å². The molecule has 1 nitrogen and oxygen atoms in total. The minimum absolute atomic E-state index is 0. The van der Waals surface area contributed by atoms with E-state index in [1.807, 2.05) is 0 Å². The molecule has 1 fully saturated rings. The molecule has 0 N–H and O–H groups in total. The molecule has 0 aromatic rings. The fourth-order valence-electron chi connectivity index (χ4n) is 0.645. The highest BCUT2D eigenvalue weighted by molar-refractivity contribution is 4.73. The van der Waals surface area contributed by atoms with Crippen LogP contribution < -0.4 is 0 Å². The van der Waals surface area contributed by atoms with Crippen LogP contribution in [0.4, 0.5) is 0 Å². The molecule has 0 saturated carbocycles. The van der Waals surface area contributed by atoms with Crippen LogP contribution in [-0.2, 0) is 0 Å². The summed E-state index contributed by atoms with van der Waals surface area (Å²) in [5, 5.41) is 0. The predicted octanol–water partition coefficient (Wildman–Crippen LogP) is 1.35. The monoisotopic (exact) mass is 101 g/mol. The van der Waals surface area contributed by atoms with Crippen LogP contribution in [0.25, 0.3) is 0 Å². The maximum atomic E-state index is 2.35. The molecule has 1 unspecified atom stereocenters. The molecule has 1 aliphatic heterocycles. The fourth-order valence-corrected chi connectivity index (χ4v) is 0.645. The van der Waals surface area contributed by atoms with Gasteiger partial charge in [0.1, 0.15) is 0 Å². The molecule has 0 spiro atoms. The molecule has 1 atom stereocenters. The van der Waals surface area contributed by atoms with Gasteiger partial charge >= 0.3 is 0 Å². The maximum absolute atomic E-state index is 2.35. The summed E-state index contributed by atoms with van der Waals surface area (Å²) in [7, 11) is 2.16. The van der Waals surface area contributed by atoms with Crippen molar-refractivity contribution in [3.8, 4) is 0 Å². The quantitative estimate of drug-likeness (QED) is 0.445. The first-order chi connectivity index (χ1) is 2.80. The lowest BCUT2D eigenvalue weighted by molar-refractivity contribution is 0.143. The lowest BCUT2D eigenvalue weighted by Crippen LogP contribution is -2.41. The van der Waals surface area contributed by atoms with E-state index in [1.165, 1.54) is 13.0 Å². The van der Waals surface area contributed by atoms with Gasteiger partial charge in [-0.3, -0.25) is 0 Å².